The maximum absolute atomic E-state index is 11.8. The molecule has 0 bridgehead atoms. The summed E-state index contributed by atoms with van der Waals surface area (Å²) in [6.45, 7) is 12.0. The molecule has 0 radical (unpaired) electrons. The van der Waals surface area contributed by atoms with Crippen LogP contribution in [0.25, 0.3) is 0 Å². The zero-order valence-corrected chi connectivity index (χ0v) is 10.8. The molecule has 3 nitrogen and oxygen atoms in total. The van der Waals surface area contributed by atoms with Gasteiger partial charge in [-0.05, 0) is 26.3 Å². The predicted octanol–water partition coefficient (Wildman–Crippen LogP) is 1.93. The van der Waals surface area contributed by atoms with E-state index >= 15 is 0 Å². The van der Waals surface area contributed by atoms with E-state index in [1.165, 1.54) is 0 Å². The van der Waals surface area contributed by atoms with Crippen LogP contribution >= 0.6 is 0 Å². The van der Waals surface area contributed by atoms with E-state index in [0.29, 0.717) is 0 Å². The van der Waals surface area contributed by atoms with Crippen LogP contribution in [-0.4, -0.2) is 24.5 Å². The number of carbonyl (C=O) groups is 1. The van der Waals surface area contributed by atoms with Crippen LogP contribution in [0, 0.1) is 5.92 Å². The molecule has 0 fully saturated rings. The highest BCUT2D eigenvalue weighted by Crippen LogP contribution is 2.14. The lowest BCUT2D eigenvalue weighted by molar-refractivity contribution is -0.126. The highest BCUT2D eigenvalue weighted by atomic mass is 16.2. The summed E-state index contributed by atoms with van der Waals surface area (Å²) < 4.78 is 0. The molecular formula is C12H26N2O. The molecule has 0 aromatic carbocycles. The number of nitrogens with one attached hydrogen (secondary N) is 2. The van der Waals surface area contributed by atoms with Crippen LogP contribution in [0.5, 0.6) is 0 Å². The van der Waals surface area contributed by atoms with Gasteiger partial charge in [0.1, 0.15) is 0 Å². The molecule has 3 heteroatoms. The van der Waals surface area contributed by atoms with Gasteiger partial charge < -0.3 is 10.6 Å². The van der Waals surface area contributed by atoms with Gasteiger partial charge in [-0.15, -0.1) is 0 Å². The second-order valence-electron chi connectivity index (χ2n) is 4.47. The fraction of sp³-hybridized carbons (Fsp3) is 0.917. The third-order valence-corrected chi connectivity index (χ3v) is 3.13. The number of carbonyl (C=O) groups excluding carboxylic acids is 1. The van der Waals surface area contributed by atoms with Crippen molar-refractivity contribution in [3.63, 3.8) is 0 Å². The van der Waals surface area contributed by atoms with Gasteiger partial charge in [0, 0.05) is 18.0 Å². The van der Waals surface area contributed by atoms with E-state index in [4.69, 9.17) is 0 Å². The molecule has 2 N–H and O–H groups in total. The molecule has 0 saturated carbocycles. The number of rotatable bonds is 7. The number of hydrogen-bond acceptors (Lipinski definition) is 2. The highest BCUT2D eigenvalue weighted by molar-refractivity contribution is 5.79. The maximum Gasteiger partial charge on any atom is 0.224 e. The van der Waals surface area contributed by atoms with Gasteiger partial charge in [-0.1, -0.05) is 27.7 Å². The van der Waals surface area contributed by atoms with E-state index in [-0.39, 0.29) is 17.4 Å². The van der Waals surface area contributed by atoms with E-state index in [0.717, 1.165) is 25.9 Å². The normalized spacial score (nSPS) is 13.7. The Bertz CT molecular complexity index is 188. The Kier molecular flexibility index (Phi) is 6.57. The molecule has 90 valence electrons. The fourth-order valence-electron chi connectivity index (χ4n) is 1.30. The predicted molar refractivity (Wildman–Crippen MR) is 64.8 cm³/mol. The minimum Gasteiger partial charge on any atom is -0.351 e. The van der Waals surface area contributed by atoms with Crippen molar-refractivity contribution < 1.29 is 4.79 Å². The van der Waals surface area contributed by atoms with Crippen LogP contribution in [0.2, 0.25) is 0 Å². The molecule has 1 atom stereocenters. The van der Waals surface area contributed by atoms with Crippen molar-refractivity contribution in [2.45, 2.75) is 53.0 Å². The quantitative estimate of drug-likeness (QED) is 0.680. The largest absolute Gasteiger partial charge is 0.351 e. The first-order valence-electron chi connectivity index (χ1n) is 6.01. The van der Waals surface area contributed by atoms with Crippen molar-refractivity contribution in [2.75, 3.05) is 13.1 Å². The summed E-state index contributed by atoms with van der Waals surface area (Å²) in [5, 5.41) is 6.31. The van der Waals surface area contributed by atoms with Gasteiger partial charge >= 0.3 is 0 Å². The van der Waals surface area contributed by atoms with Gasteiger partial charge in [-0.3, -0.25) is 4.79 Å². The van der Waals surface area contributed by atoms with Crippen LogP contribution < -0.4 is 10.6 Å². The van der Waals surface area contributed by atoms with Crippen LogP contribution in [0.15, 0.2) is 0 Å². The SMILES string of the molecule is CCNCC(C)C(=O)NC(C)(CC)CC. The van der Waals surface area contributed by atoms with Gasteiger partial charge in [0.15, 0.2) is 0 Å². The van der Waals surface area contributed by atoms with E-state index in [9.17, 15) is 4.79 Å². The monoisotopic (exact) mass is 214 g/mol. The lowest BCUT2D eigenvalue weighted by Crippen LogP contribution is -2.48. The smallest absolute Gasteiger partial charge is 0.224 e. The van der Waals surface area contributed by atoms with Crippen LogP contribution in [0.4, 0.5) is 0 Å². The Labute approximate surface area is 94.0 Å². The standard InChI is InChI=1S/C12H26N2O/c1-6-12(5,7-2)14-11(15)10(4)9-13-8-3/h10,13H,6-9H2,1-5H3,(H,14,15). The van der Waals surface area contributed by atoms with Crippen LogP contribution in [0.1, 0.15) is 47.5 Å². The molecule has 1 amide bonds. The van der Waals surface area contributed by atoms with Gasteiger partial charge in [0.2, 0.25) is 5.91 Å². The molecule has 0 aliphatic carbocycles. The van der Waals surface area contributed by atoms with Gasteiger partial charge in [0.25, 0.3) is 0 Å². The molecule has 0 aromatic heterocycles. The van der Waals surface area contributed by atoms with Gasteiger partial charge in [-0.25, -0.2) is 0 Å². The first-order chi connectivity index (χ1) is 6.99. The van der Waals surface area contributed by atoms with Crippen molar-refractivity contribution in [1.82, 2.24) is 10.6 Å². The summed E-state index contributed by atoms with van der Waals surface area (Å²) in [4.78, 5) is 11.8. The molecule has 0 saturated heterocycles. The highest BCUT2D eigenvalue weighted by Gasteiger charge is 2.24. The van der Waals surface area contributed by atoms with Gasteiger partial charge in [0.05, 0.1) is 0 Å². The van der Waals surface area contributed by atoms with Crippen molar-refractivity contribution in [1.29, 1.82) is 0 Å². The molecule has 15 heavy (non-hydrogen) atoms. The molecule has 1 unspecified atom stereocenters. The Morgan fingerprint density at radius 3 is 2.20 bits per heavy atom. The summed E-state index contributed by atoms with van der Waals surface area (Å²) in [6, 6.07) is 0. The number of hydrogen-bond donors (Lipinski definition) is 2. The minimum atomic E-state index is -0.0441. The first kappa shape index (κ1) is 14.4. The topological polar surface area (TPSA) is 41.1 Å². The van der Waals surface area contributed by atoms with E-state index < -0.39 is 0 Å². The Balaban J connectivity index is 4.10. The molecule has 0 spiro atoms. The third kappa shape index (κ3) is 5.17. The zero-order valence-electron chi connectivity index (χ0n) is 10.8. The average Bonchev–Trinajstić information content (AvgIpc) is 2.25. The lowest BCUT2D eigenvalue weighted by atomic mass is 9.94. The number of amides is 1. The van der Waals surface area contributed by atoms with Crippen LogP contribution in [-0.2, 0) is 4.79 Å². The second kappa shape index (κ2) is 6.83. The summed E-state index contributed by atoms with van der Waals surface area (Å²) >= 11 is 0. The Hall–Kier alpha value is -0.570. The van der Waals surface area contributed by atoms with Crippen molar-refractivity contribution >= 4 is 5.91 Å². The van der Waals surface area contributed by atoms with E-state index in [1.54, 1.807) is 0 Å². The van der Waals surface area contributed by atoms with Crippen LogP contribution in [0.3, 0.4) is 0 Å². The Morgan fingerprint density at radius 1 is 1.27 bits per heavy atom. The Morgan fingerprint density at radius 2 is 1.80 bits per heavy atom. The molecule has 0 aromatic rings. The minimum absolute atomic E-state index is 0.0439. The van der Waals surface area contributed by atoms with E-state index in [2.05, 4.69) is 31.4 Å². The molecule has 0 aliphatic rings. The second-order valence-corrected chi connectivity index (χ2v) is 4.47. The summed E-state index contributed by atoms with van der Waals surface area (Å²) in [5.41, 5.74) is -0.0441. The zero-order chi connectivity index (χ0) is 11.9. The lowest BCUT2D eigenvalue weighted by Gasteiger charge is -2.29. The summed E-state index contributed by atoms with van der Waals surface area (Å²) in [5.74, 6) is 0.199. The molecular weight excluding hydrogens is 188 g/mol. The maximum atomic E-state index is 11.8. The summed E-state index contributed by atoms with van der Waals surface area (Å²) in [6.07, 6.45) is 1.95. The molecule has 0 rings (SSSR count). The van der Waals surface area contributed by atoms with Gasteiger partial charge in [-0.2, -0.15) is 0 Å². The van der Waals surface area contributed by atoms with Crippen molar-refractivity contribution in [2.24, 2.45) is 5.92 Å². The van der Waals surface area contributed by atoms with Crippen molar-refractivity contribution in [3.8, 4) is 0 Å². The first-order valence-corrected chi connectivity index (χ1v) is 6.01. The summed E-state index contributed by atoms with van der Waals surface area (Å²) in [7, 11) is 0. The molecule has 0 aliphatic heterocycles. The fourth-order valence-corrected chi connectivity index (χ4v) is 1.30. The van der Waals surface area contributed by atoms with E-state index in [1.807, 2.05) is 13.8 Å². The average molecular weight is 214 g/mol. The van der Waals surface area contributed by atoms with Crippen molar-refractivity contribution in [3.05, 3.63) is 0 Å². The molecule has 0 heterocycles. The third-order valence-electron chi connectivity index (χ3n) is 3.13.